The minimum absolute atomic E-state index is 0.178. The molecule has 164 valence electrons. The van der Waals surface area contributed by atoms with E-state index in [4.69, 9.17) is 4.74 Å². The third-order valence-electron chi connectivity index (χ3n) is 6.02. The zero-order valence-corrected chi connectivity index (χ0v) is 18.3. The van der Waals surface area contributed by atoms with Gasteiger partial charge in [0.1, 0.15) is 0 Å². The second-order valence-electron chi connectivity index (χ2n) is 8.34. The van der Waals surface area contributed by atoms with Gasteiger partial charge in [-0.25, -0.2) is 4.79 Å². The van der Waals surface area contributed by atoms with Crippen LogP contribution in [-0.4, -0.2) is 36.5 Å². The number of hydrogen-bond donors (Lipinski definition) is 0. The predicted molar refractivity (Wildman–Crippen MR) is 126 cm³/mol. The minimum atomic E-state index is -0.308. The molecule has 0 spiro atoms. The maximum atomic E-state index is 12.9. The third kappa shape index (κ3) is 5.64. The average molecular weight is 428 g/mol. The van der Waals surface area contributed by atoms with E-state index in [1.165, 1.54) is 5.56 Å². The molecule has 4 rings (SSSR count). The number of amides is 1. The normalized spacial score (nSPS) is 15.9. The maximum absolute atomic E-state index is 12.9. The van der Waals surface area contributed by atoms with Crippen molar-refractivity contribution in [2.24, 2.45) is 5.92 Å². The highest BCUT2D eigenvalue weighted by Gasteiger charge is 2.25. The van der Waals surface area contributed by atoms with Crippen molar-refractivity contribution < 1.29 is 14.3 Å². The van der Waals surface area contributed by atoms with Crippen molar-refractivity contribution in [1.82, 2.24) is 4.90 Å². The lowest BCUT2D eigenvalue weighted by Gasteiger charge is -2.32. The number of aryl methyl sites for hydroxylation is 1. The van der Waals surface area contributed by atoms with Crippen LogP contribution in [0.1, 0.15) is 35.2 Å². The molecule has 1 amide bonds. The molecule has 4 nitrogen and oxygen atoms in total. The monoisotopic (exact) mass is 427 g/mol. The van der Waals surface area contributed by atoms with E-state index in [-0.39, 0.29) is 17.8 Å². The summed E-state index contributed by atoms with van der Waals surface area (Å²) >= 11 is 0. The maximum Gasteiger partial charge on any atom is 0.338 e. The summed E-state index contributed by atoms with van der Waals surface area (Å²) in [6, 6.07) is 27.5. The van der Waals surface area contributed by atoms with Crippen LogP contribution in [0, 0.1) is 5.92 Å². The highest BCUT2D eigenvalue weighted by Crippen LogP contribution is 2.25. The van der Waals surface area contributed by atoms with Crippen molar-refractivity contribution in [1.29, 1.82) is 0 Å². The van der Waals surface area contributed by atoms with Gasteiger partial charge in [-0.2, -0.15) is 0 Å². The Morgan fingerprint density at radius 3 is 2.34 bits per heavy atom. The topological polar surface area (TPSA) is 46.6 Å². The summed E-state index contributed by atoms with van der Waals surface area (Å²) in [6.07, 6.45) is 3.18. The van der Waals surface area contributed by atoms with Gasteiger partial charge in [0.2, 0.25) is 5.91 Å². The van der Waals surface area contributed by atoms with Crippen molar-refractivity contribution in [2.45, 2.75) is 25.7 Å². The van der Waals surface area contributed by atoms with Crippen LogP contribution in [0.25, 0.3) is 11.1 Å². The van der Waals surface area contributed by atoms with Gasteiger partial charge in [-0.15, -0.1) is 0 Å². The van der Waals surface area contributed by atoms with Gasteiger partial charge in [-0.05, 0) is 42.0 Å². The van der Waals surface area contributed by atoms with E-state index in [0.29, 0.717) is 25.1 Å². The predicted octanol–water partition coefficient (Wildman–Crippen LogP) is 5.38. The van der Waals surface area contributed by atoms with Gasteiger partial charge < -0.3 is 9.64 Å². The molecule has 4 heteroatoms. The lowest BCUT2D eigenvalue weighted by molar-refractivity contribution is -0.133. The molecule has 0 aromatic heterocycles. The number of carbonyl (C=O) groups is 2. The van der Waals surface area contributed by atoms with Gasteiger partial charge in [0.15, 0.2) is 0 Å². The van der Waals surface area contributed by atoms with E-state index in [1.807, 2.05) is 77.7 Å². The van der Waals surface area contributed by atoms with E-state index >= 15 is 0 Å². The minimum Gasteiger partial charge on any atom is -0.462 e. The Bertz CT molecular complexity index is 1030. The molecule has 0 radical (unpaired) electrons. The first kappa shape index (κ1) is 21.8. The van der Waals surface area contributed by atoms with Crippen molar-refractivity contribution in [3.63, 3.8) is 0 Å². The van der Waals surface area contributed by atoms with Crippen LogP contribution in [-0.2, 0) is 16.0 Å². The number of hydrogen-bond acceptors (Lipinski definition) is 3. The molecule has 3 aromatic carbocycles. The number of ether oxygens (including phenoxy) is 1. The molecule has 1 saturated heterocycles. The standard InChI is InChI=1S/C28H29NO3/c30-27(18-17-22-10-3-1-4-11-22)29-19-9-12-23(20-29)21-32-28(31)26-16-8-7-15-25(26)24-13-5-2-6-14-24/h1-8,10-11,13-16,23H,9,12,17-21H2. The van der Waals surface area contributed by atoms with E-state index in [9.17, 15) is 9.59 Å². The molecular weight excluding hydrogens is 398 g/mol. The van der Waals surface area contributed by atoms with Gasteiger partial charge in [-0.3, -0.25) is 4.79 Å². The summed E-state index contributed by atoms with van der Waals surface area (Å²) in [4.78, 5) is 27.5. The summed E-state index contributed by atoms with van der Waals surface area (Å²) in [6.45, 7) is 1.78. The summed E-state index contributed by atoms with van der Waals surface area (Å²) in [7, 11) is 0. The second kappa shape index (κ2) is 10.8. The highest BCUT2D eigenvalue weighted by molar-refractivity contribution is 5.97. The van der Waals surface area contributed by atoms with E-state index in [0.717, 1.165) is 36.9 Å². The fraction of sp³-hybridized carbons (Fsp3) is 0.286. The molecule has 0 saturated carbocycles. The Kier molecular flexibility index (Phi) is 7.34. The Morgan fingerprint density at radius 1 is 0.875 bits per heavy atom. The fourth-order valence-electron chi connectivity index (χ4n) is 4.28. The number of carbonyl (C=O) groups excluding carboxylic acids is 2. The summed E-state index contributed by atoms with van der Waals surface area (Å²) in [5, 5.41) is 0. The molecule has 1 aliphatic rings. The summed E-state index contributed by atoms with van der Waals surface area (Å²) < 4.78 is 5.71. The number of esters is 1. The van der Waals surface area contributed by atoms with Crippen molar-refractivity contribution in [3.05, 3.63) is 96.1 Å². The first-order chi connectivity index (χ1) is 15.7. The van der Waals surface area contributed by atoms with Crippen LogP contribution in [0.15, 0.2) is 84.9 Å². The SMILES string of the molecule is O=C(OCC1CCCN(C(=O)CCc2ccccc2)C1)c1ccccc1-c1ccccc1. The van der Waals surface area contributed by atoms with Crippen LogP contribution in [0.5, 0.6) is 0 Å². The lowest BCUT2D eigenvalue weighted by atomic mass is 9.98. The third-order valence-corrected chi connectivity index (χ3v) is 6.02. The Hall–Kier alpha value is -3.40. The van der Waals surface area contributed by atoms with E-state index in [1.54, 1.807) is 0 Å². The van der Waals surface area contributed by atoms with Crippen LogP contribution in [0.2, 0.25) is 0 Å². The van der Waals surface area contributed by atoms with Crippen LogP contribution >= 0.6 is 0 Å². The lowest BCUT2D eigenvalue weighted by Crippen LogP contribution is -2.41. The zero-order valence-electron chi connectivity index (χ0n) is 18.3. The fourth-order valence-corrected chi connectivity index (χ4v) is 4.28. The molecule has 1 aliphatic heterocycles. The van der Waals surface area contributed by atoms with Gasteiger partial charge >= 0.3 is 5.97 Å². The number of benzene rings is 3. The molecule has 1 fully saturated rings. The van der Waals surface area contributed by atoms with Crippen LogP contribution < -0.4 is 0 Å². The van der Waals surface area contributed by atoms with Gasteiger partial charge in [0, 0.05) is 25.4 Å². The summed E-state index contributed by atoms with van der Waals surface area (Å²) in [5.41, 5.74) is 3.62. The molecule has 1 atom stereocenters. The summed E-state index contributed by atoms with van der Waals surface area (Å²) in [5.74, 6) is 0.0496. The smallest absolute Gasteiger partial charge is 0.338 e. The van der Waals surface area contributed by atoms with Crippen molar-refractivity contribution >= 4 is 11.9 Å². The largest absolute Gasteiger partial charge is 0.462 e. The first-order valence-electron chi connectivity index (χ1n) is 11.3. The molecule has 0 N–H and O–H groups in total. The molecule has 1 heterocycles. The number of likely N-dealkylation sites (tertiary alicyclic amines) is 1. The van der Waals surface area contributed by atoms with Crippen molar-refractivity contribution in [2.75, 3.05) is 19.7 Å². The number of nitrogens with zero attached hydrogens (tertiary/aromatic N) is 1. The number of rotatable bonds is 7. The molecule has 0 bridgehead atoms. The Morgan fingerprint density at radius 2 is 1.56 bits per heavy atom. The molecule has 0 aliphatic carbocycles. The Balaban J connectivity index is 1.31. The number of piperidine rings is 1. The highest BCUT2D eigenvalue weighted by atomic mass is 16.5. The van der Waals surface area contributed by atoms with Gasteiger partial charge in [-0.1, -0.05) is 78.9 Å². The van der Waals surface area contributed by atoms with Crippen LogP contribution in [0.3, 0.4) is 0 Å². The molecule has 3 aromatic rings. The zero-order chi connectivity index (χ0) is 22.2. The Labute approximate surface area is 189 Å². The second-order valence-corrected chi connectivity index (χ2v) is 8.34. The van der Waals surface area contributed by atoms with Crippen molar-refractivity contribution in [3.8, 4) is 11.1 Å². The average Bonchev–Trinajstić information content (AvgIpc) is 2.87. The molecule has 32 heavy (non-hydrogen) atoms. The van der Waals surface area contributed by atoms with Gasteiger partial charge in [0.05, 0.1) is 12.2 Å². The van der Waals surface area contributed by atoms with E-state index < -0.39 is 0 Å². The quantitative estimate of drug-likeness (QED) is 0.476. The van der Waals surface area contributed by atoms with E-state index in [2.05, 4.69) is 12.1 Å². The first-order valence-corrected chi connectivity index (χ1v) is 11.3. The molecular formula is C28H29NO3. The van der Waals surface area contributed by atoms with Crippen LogP contribution in [0.4, 0.5) is 0 Å². The molecule has 1 unspecified atom stereocenters. The van der Waals surface area contributed by atoms with Gasteiger partial charge in [0.25, 0.3) is 0 Å².